The van der Waals surface area contributed by atoms with Crippen LogP contribution in [0.15, 0.2) is 52.9 Å². The molecule has 3 aromatic rings. The van der Waals surface area contributed by atoms with Gasteiger partial charge in [-0.1, -0.05) is 18.2 Å². The second-order valence-electron chi connectivity index (χ2n) is 6.09. The summed E-state index contributed by atoms with van der Waals surface area (Å²) in [6.45, 7) is 3.54. The molecule has 8 nitrogen and oxygen atoms in total. The second kappa shape index (κ2) is 8.92. The van der Waals surface area contributed by atoms with Crippen molar-refractivity contribution in [3.8, 4) is 5.75 Å². The first-order valence-corrected chi connectivity index (χ1v) is 8.97. The summed E-state index contributed by atoms with van der Waals surface area (Å²) in [7, 11) is 0. The molecule has 0 aliphatic carbocycles. The van der Waals surface area contributed by atoms with Gasteiger partial charge in [-0.15, -0.1) is 0 Å². The lowest BCUT2D eigenvalue weighted by atomic mass is 10.1. The van der Waals surface area contributed by atoms with Crippen LogP contribution >= 0.6 is 0 Å². The van der Waals surface area contributed by atoms with Crippen LogP contribution in [0.3, 0.4) is 0 Å². The van der Waals surface area contributed by atoms with Crippen molar-refractivity contribution in [2.75, 3.05) is 13.2 Å². The van der Waals surface area contributed by atoms with E-state index in [1.165, 1.54) is 0 Å². The molecule has 2 aromatic carbocycles. The van der Waals surface area contributed by atoms with Gasteiger partial charge >= 0.3 is 5.97 Å². The number of hydrogen-bond donors (Lipinski definition) is 2. The van der Waals surface area contributed by atoms with Crippen molar-refractivity contribution in [1.82, 2.24) is 10.9 Å². The zero-order chi connectivity index (χ0) is 20.8. The molecular weight excluding hydrogens is 376 g/mol. The number of nitrogens with one attached hydrogen (secondary N) is 2. The Bertz CT molecular complexity index is 1040. The number of hydrazine groups is 1. The van der Waals surface area contributed by atoms with E-state index in [-0.39, 0.29) is 5.76 Å². The molecule has 0 aliphatic rings. The van der Waals surface area contributed by atoms with Gasteiger partial charge in [0, 0.05) is 16.5 Å². The number of furan rings is 1. The number of rotatable bonds is 6. The molecule has 1 aromatic heterocycles. The van der Waals surface area contributed by atoms with E-state index in [0.717, 1.165) is 5.39 Å². The molecule has 0 aliphatic heterocycles. The molecule has 8 heteroatoms. The third-order valence-electron chi connectivity index (χ3n) is 4.09. The first kappa shape index (κ1) is 19.9. The lowest BCUT2D eigenvalue weighted by Crippen LogP contribution is -2.43. The second-order valence-corrected chi connectivity index (χ2v) is 6.09. The summed E-state index contributed by atoms with van der Waals surface area (Å²) >= 11 is 0. The van der Waals surface area contributed by atoms with Crippen molar-refractivity contribution < 1.29 is 28.3 Å². The van der Waals surface area contributed by atoms with E-state index in [4.69, 9.17) is 13.9 Å². The molecule has 2 N–H and O–H groups in total. The summed E-state index contributed by atoms with van der Waals surface area (Å²) in [5, 5.41) is 0.725. The fraction of sp³-hybridized carbons (Fsp3) is 0.190. The van der Waals surface area contributed by atoms with Gasteiger partial charge in [-0.25, -0.2) is 4.79 Å². The number of ether oxygens (including phenoxy) is 2. The molecule has 3 rings (SSSR count). The van der Waals surface area contributed by atoms with E-state index in [1.807, 2.05) is 6.92 Å². The minimum Gasteiger partial charge on any atom is -0.494 e. The van der Waals surface area contributed by atoms with Crippen LogP contribution < -0.4 is 15.6 Å². The predicted molar refractivity (Wildman–Crippen MR) is 104 cm³/mol. The van der Waals surface area contributed by atoms with Crippen molar-refractivity contribution in [1.29, 1.82) is 0 Å². The maximum Gasteiger partial charge on any atom is 0.375 e. The Morgan fingerprint density at radius 2 is 1.79 bits per heavy atom. The van der Waals surface area contributed by atoms with Crippen molar-refractivity contribution in [2.45, 2.75) is 13.8 Å². The average molecular weight is 396 g/mol. The standard InChI is InChI=1S/C21H20N2O6/c1-3-27-15-9-10-17-16(11-15)13(2)19(29-17)21(26)28-12-18(24)22-23-20(25)14-7-5-4-6-8-14/h4-11H,3,12H2,1-2H3,(H,22,24)(H,23,25). The summed E-state index contributed by atoms with van der Waals surface area (Å²) in [6.07, 6.45) is 0. The van der Waals surface area contributed by atoms with Gasteiger partial charge in [-0.3, -0.25) is 20.4 Å². The maximum atomic E-state index is 12.3. The zero-order valence-corrected chi connectivity index (χ0v) is 16.0. The molecule has 0 atom stereocenters. The van der Waals surface area contributed by atoms with Crippen LogP contribution in [0.25, 0.3) is 11.0 Å². The molecule has 0 spiro atoms. The van der Waals surface area contributed by atoms with E-state index in [1.54, 1.807) is 55.5 Å². The van der Waals surface area contributed by atoms with Crippen molar-refractivity contribution in [2.24, 2.45) is 0 Å². The average Bonchev–Trinajstić information content (AvgIpc) is 3.07. The SMILES string of the molecule is CCOc1ccc2oc(C(=O)OCC(=O)NNC(=O)c3ccccc3)c(C)c2c1. The fourth-order valence-corrected chi connectivity index (χ4v) is 2.67. The van der Waals surface area contributed by atoms with Gasteiger partial charge in [0.2, 0.25) is 5.76 Å². The van der Waals surface area contributed by atoms with Gasteiger partial charge in [0.15, 0.2) is 6.61 Å². The Balaban J connectivity index is 1.57. The van der Waals surface area contributed by atoms with Crippen LogP contribution in [0.4, 0.5) is 0 Å². The molecule has 0 saturated heterocycles. The van der Waals surface area contributed by atoms with Gasteiger partial charge in [-0.2, -0.15) is 0 Å². The molecule has 150 valence electrons. The van der Waals surface area contributed by atoms with Crippen molar-refractivity contribution in [3.05, 3.63) is 65.4 Å². The lowest BCUT2D eigenvalue weighted by Gasteiger charge is -2.07. The maximum absolute atomic E-state index is 12.3. The number of aryl methyl sites for hydroxylation is 1. The molecule has 2 amide bonds. The number of hydrogen-bond acceptors (Lipinski definition) is 6. The minimum atomic E-state index is -0.777. The number of fused-ring (bicyclic) bond motifs is 1. The summed E-state index contributed by atoms with van der Waals surface area (Å²) in [4.78, 5) is 36.0. The van der Waals surface area contributed by atoms with E-state index in [2.05, 4.69) is 10.9 Å². The Morgan fingerprint density at radius 3 is 2.52 bits per heavy atom. The fourth-order valence-electron chi connectivity index (χ4n) is 2.67. The molecule has 0 bridgehead atoms. The van der Waals surface area contributed by atoms with Gasteiger partial charge < -0.3 is 13.9 Å². The van der Waals surface area contributed by atoms with E-state index in [0.29, 0.717) is 29.1 Å². The lowest BCUT2D eigenvalue weighted by molar-refractivity contribution is -0.125. The van der Waals surface area contributed by atoms with Crippen LogP contribution in [0.2, 0.25) is 0 Å². The predicted octanol–water partition coefficient (Wildman–Crippen LogP) is 2.76. The molecule has 0 fully saturated rings. The van der Waals surface area contributed by atoms with Gasteiger partial charge in [0.1, 0.15) is 11.3 Å². The monoisotopic (exact) mass is 396 g/mol. The topological polar surface area (TPSA) is 107 Å². The van der Waals surface area contributed by atoms with Crippen LogP contribution in [-0.2, 0) is 9.53 Å². The van der Waals surface area contributed by atoms with Crippen molar-refractivity contribution in [3.63, 3.8) is 0 Å². The Labute approximate surface area is 166 Å². The summed E-state index contributed by atoms with van der Waals surface area (Å²) < 4.78 is 16.0. The number of carbonyl (C=O) groups excluding carboxylic acids is 3. The van der Waals surface area contributed by atoms with E-state index < -0.39 is 24.4 Å². The molecule has 0 radical (unpaired) electrons. The van der Waals surface area contributed by atoms with E-state index >= 15 is 0 Å². The largest absolute Gasteiger partial charge is 0.494 e. The van der Waals surface area contributed by atoms with Crippen LogP contribution in [-0.4, -0.2) is 31.0 Å². The van der Waals surface area contributed by atoms with Crippen LogP contribution in [0.1, 0.15) is 33.4 Å². The van der Waals surface area contributed by atoms with Crippen molar-refractivity contribution >= 4 is 28.8 Å². The van der Waals surface area contributed by atoms with Crippen LogP contribution in [0, 0.1) is 6.92 Å². The van der Waals surface area contributed by atoms with Crippen LogP contribution in [0.5, 0.6) is 5.75 Å². The zero-order valence-electron chi connectivity index (χ0n) is 16.0. The smallest absolute Gasteiger partial charge is 0.375 e. The van der Waals surface area contributed by atoms with Gasteiger partial charge in [0.05, 0.1) is 6.61 Å². The molecule has 0 saturated carbocycles. The molecule has 1 heterocycles. The highest BCUT2D eigenvalue weighted by atomic mass is 16.5. The third kappa shape index (κ3) is 4.73. The minimum absolute atomic E-state index is 0.00905. The molecular formula is C21H20N2O6. The third-order valence-corrected chi connectivity index (χ3v) is 4.09. The summed E-state index contributed by atoms with van der Waals surface area (Å²) in [5.74, 6) is -1.27. The Morgan fingerprint density at radius 1 is 1.03 bits per heavy atom. The number of carbonyl (C=O) groups is 3. The van der Waals surface area contributed by atoms with E-state index in [9.17, 15) is 14.4 Å². The highest BCUT2D eigenvalue weighted by molar-refractivity contribution is 5.98. The van der Waals surface area contributed by atoms with Gasteiger partial charge in [-0.05, 0) is 44.2 Å². The number of amides is 2. The molecule has 0 unspecified atom stereocenters. The molecule has 29 heavy (non-hydrogen) atoms. The first-order valence-electron chi connectivity index (χ1n) is 8.97. The summed E-state index contributed by atoms with van der Waals surface area (Å²) in [6, 6.07) is 13.6. The quantitative estimate of drug-likeness (QED) is 0.490. The number of benzene rings is 2. The highest BCUT2D eigenvalue weighted by Crippen LogP contribution is 2.29. The van der Waals surface area contributed by atoms with Gasteiger partial charge in [0.25, 0.3) is 11.8 Å². The highest BCUT2D eigenvalue weighted by Gasteiger charge is 2.20. The Hall–Kier alpha value is -3.81. The Kier molecular flexibility index (Phi) is 6.13. The number of esters is 1. The summed E-state index contributed by atoms with van der Waals surface area (Å²) in [5.41, 5.74) is 5.92. The normalized spacial score (nSPS) is 10.4. The first-order chi connectivity index (χ1) is 14.0.